The average Bonchev–Trinajstić information content (AvgIpc) is 2.47. The standard InChI is InChI=1S/C17H25N3O2Si/c1-17(2,3)23(5,6)14-15(21)19(4)16(22)20(18-14)12-13-10-8-7-9-11-13/h7-11H,12H2,1-6H3. The number of hydrogen-bond donors (Lipinski definition) is 0. The van der Waals surface area contributed by atoms with Gasteiger partial charge in [0.1, 0.15) is 13.4 Å². The lowest BCUT2D eigenvalue weighted by molar-refractivity contribution is 0.567. The highest BCUT2D eigenvalue weighted by Gasteiger charge is 2.41. The second-order valence-corrected chi connectivity index (χ2v) is 12.7. The summed E-state index contributed by atoms with van der Waals surface area (Å²) in [6.45, 7) is 11.0. The molecule has 2 rings (SSSR count). The molecule has 1 aromatic heterocycles. The van der Waals surface area contributed by atoms with Gasteiger partial charge in [0.15, 0.2) is 0 Å². The Kier molecular flexibility index (Phi) is 4.48. The zero-order valence-corrected chi connectivity index (χ0v) is 15.8. The summed E-state index contributed by atoms with van der Waals surface area (Å²) in [7, 11) is -0.600. The van der Waals surface area contributed by atoms with Crippen LogP contribution in [0, 0.1) is 0 Å². The zero-order valence-electron chi connectivity index (χ0n) is 14.8. The Balaban J connectivity index is 2.63. The van der Waals surface area contributed by atoms with Gasteiger partial charge in [0, 0.05) is 7.05 Å². The minimum atomic E-state index is -2.13. The average molecular weight is 331 g/mol. The van der Waals surface area contributed by atoms with Crippen molar-refractivity contribution in [1.82, 2.24) is 14.3 Å². The molecule has 0 fully saturated rings. The quantitative estimate of drug-likeness (QED) is 0.805. The van der Waals surface area contributed by atoms with Crippen LogP contribution in [0.25, 0.3) is 0 Å². The number of hydrogen-bond acceptors (Lipinski definition) is 3. The number of rotatable bonds is 3. The van der Waals surface area contributed by atoms with E-state index in [1.54, 1.807) is 0 Å². The third kappa shape index (κ3) is 3.22. The second kappa shape index (κ2) is 5.92. The molecule has 5 nitrogen and oxygen atoms in total. The fourth-order valence-corrected chi connectivity index (χ4v) is 4.02. The highest BCUT2D eigenvalue weighted by Crippen LogP contribution is 2.34. The van der Waals surface area contributed by atoms with E-state index in [-0.39, 0.29) is 16.3 Å². The zero-order chi connectivity index (χ0) is 17.4. The molecule has 0 amide bonds. The molecule has 0 atom stereocenters. The second-order valence-electron chi connectivity index (χ2n) is 7.51. The van der Waals surface area contributed by atoms with Crippen molar-refractivity contribution in [2.75, 3.05) is 0 Å². The highest BCUT2D eigenvalue weighted by molar-refractivity contribution is 6.91. The van der Waals surface area contributed by atoms with Gasteiger partial charge in [-0.1, -0.05) is 64.2 Å². The monoisotopic (exact) mass is 331 g/mol. The molecule has 124 valence electrons. The number of aromatic nitrogens is 3. The summed E-state index contributed by atoms with van der Waals surface area (Å²) in [5.41, 5.74) is 0.356. The normalized spacial score (nSPS) is 12.4. The van der Waals surface area contributed by atoms with Crippen LogP contribution in [0.5, 0.6) is 0 Å². The van der Waals surface area contributed by atoms with E-state index in [0.29, 0.717) is 11.9 Å². The van der Waals surface area contributed by atoms with Crippen molar-refractivity contribution in [3.63, 3.8) is 0 Å². The van der Waals surface area contributed by atoms with Crippen LogP contribution in [0.15, 0.2) is 39.9 Å². The van der Waals surface area contributed by atoms with Gasteiger partial charge in [-0.25, -0.2) is 9.48 Å². The van der Waals surface area contributed by atoms with E-state index in [2.05, 4.69) is 39.0 Å². The molecular formula is C17H25N3O2Si. The van der Waals surface area contributed by atoms with Gasteiger partial charge in [-0.3, -0.25) is 9.36 Å². The molecule has 0 aliphatic rings. The van der Waals surface area contributed by atoms with E-state index in [0.717, 1.165) is 5.56 Å². The van der Waals surface area contributed by atoms with Gasteiger partial charge in [0.25, 0.3) is 5.56 Å². The molecule has 0 bridgehead atoms. The van der Waals surface area contributed by atoms with Gasteiger partial charge < -0.3 is 0 Å². The first-order valence-electron chi connectivity index (χ1n) is 7.78. The SMILES string of the molecule is Cn1c(=O)c([Si](C)(C)C(C)(C)C)nn(Cc2ccccc2)c1=O. The maximum absolute atomic E-state index is 12.6. The molecule has 23 heavy (non-hydrogen) atoms. The van der Waals surface area contributed by atoms with Gasteiger partial charge in [-0.15, -0.1) is 0 Å². The largest absolute Gasteiger partial charge is 0.347 e. The van der Waals surface area contributed by atoms with E-state index in [1.165, 1.54) is 16.3 Å². The number of benzene rings is 1. The van der Waals surface area contributed by atoms with E-state index in [1.807, 2.05) is 30.3 Å². The van der Waals surface area contributed by atoms with Gasteiger partial charge in [-0.05, 0) is 10.6 Å². The lowest BCUT2D eigenvalue weighted by Crippen LogP contribution is -2.63. The molecule has 1 aromatic carbocycles. The van der Waals surface area contributed by atoms with Gasteiger partial charge in [0.2, 0.25) is 0 Å². The Morgan fingerprint density at radius 3 is 2.17 bits per heavy atom. The first kappa shape index (κ1) is 17.4. The Morgan fingerprint density at radius 2 is 1.65 bits per heavy atom. The van der Waals surface area contributed by atoms with E-state index < -0.39 is 8.07 Å². The van der Waals surface area contributed by atoms with Crippen molar-refractivity contribution in [3.05, 3.63) is 56.7 Å². The Bertz CT molecular complexity index is 814. The molecule has 0 spiro atoms. The minimum absolute atomic E-state index is 0.0266. The fourth-order valence-electron chi connectivity index (χ4n) is 2.23. The van der Waals surface area contributed by atoms with E-state index in [4.69, 9.17) is 0 Å². The summed E-state index contributed by atoms with van der Waals surface area (Å²) in [5.74, 6) is 0. The van der Waals surface area contributed by atoms with Crippen LogP contribution >= 0.6 is 0 Å². The molecule has 2 aromatic rings. The third-order valence-electron chi connectivity index (χ3n) is 4.88. The summed E-state index contributed by atoms with van der Waals surface area (Å²) in [5, 5.41) is 5.03. The molecular weight excluding hydrogens is 306 g/mol. The first-order chi connectivity index (χ1) is 10.6. The molecule has 6 heteroatoms. The predicted octanol–water partition coefficient (Wildman–Crippen LogP) is 1.71. The third-order valence-corrected chi connectivity index (χ3v) is 10.1. The molecule has 0 saturated carbocycles. The van der Waals surface area contributed by atoms with Crippen LogP contribution in [0.1, 0.15) is 26.3 Å². The topological polar surface area (TPSA) is 56.9 Å². The van der Waals surface area contributed by atoms with Crippen molar-refractivity contribution in [2.24, 2.45) is 7.05 Å². The summed E-state index contributed by atoms with van der Waals surface area (Å²) in [6, 6.07) is 9.69. The molecule has 0 aliphatic heterocycles. The summed E-state index contributed by atoms with van der Waals surface area (Å²) >= 11 is 0. The van der Waals surface area contributed by atoms with Crippen LogP contribution < -0.4 is 16.6 Å². The van der Waals surface area contributed by atoms with Crippen molar-refractivity contribution < 1.29 is 0 Å². The molecule has 0 unspecified atom stereocenters. The fraction of sp³-hybridized carbons (Fsp3) is 0.471. The van der Waals surface area contributed by atoms with Gasteiger partial charge in [0.05, 0.1) is 6.54 Å². The van der Waals surface area contributed by atoms with Crippen molar-refractivity contribution in [1.29, 1.82) is 0 Å². The number of nitrogens with zero attached hydrogens (tertiary/aromatic N) is 3. The van der Waals surface area contributed by atoms with Gasteiger partial charge >= 0.3 is 5.69 Å². The Hall–Kier alpha value is -1.95. The van der Waals surface area contributed by atoms with Crippen molar-refractivity contribution in [2.45, 2.75) is 45.4 Å². The van der Waals surface area contributed by atoms with Crippen LogP contribution in [0.3, 0.4) is 0 Å². The highest BCUT2D eigenvalue weighted by atomic mass is 28.3. The van der Waals surface area contributed by atoms with Crippen molar-refractivity contribution >= 4 is 13.4 Å². The predicted molar refractivity (Wildman–Crippen MR) is 96.1 cm³/mol. The van der Waals surface area contributed by atoms with Crippen LogP contribution in [-0.2, 0) is 13.6 Å². The van der Waals surface area contributed by atoms with Gasteiger partial charge in [-0.2, -0.15) is 5.10 Å². The lowest BCUT2D eigenvalue weighted by atomic mass is 10.2. The summed E-state index contributed by atoms with van der Waals surface area (Å²) in [6.07, 6.45) is 0. The molecule has 0 N–H and O–H groups in total. The van der Waals surface area contributed by atoms with E-state index >= 15 is 0 Å². The minimum Gasteiger partial charge on any atom is -0.268 e. The van der Waals surface area contributed by atoms with E-state index in [9.17, 15) is 9.59 Å². The van der Waals surface area contributed by atoms with Crippen LogP contribution in [0.2, 0.25) is 18.1 Å². The smallest absolute Gasteiger partial charge is 0.268 e. The summed E-state index contributed by atoms with van der Waals surface area (Å²) < 4.78 is 2.60. The molecule has 0 saturated heterocycles. The molecule has 0 radical (unpaired) electrons. The molecule has 0 aliphatic carbocycles. The maximum Gasteiger partial charge on any atom is 0.347 e. The Morgan fingerprint density at radius 1 is 1.09 bits per heavy atom. The first-order valence-corrected chi connectivity index (χ1v) is 10.8. The van der Waals surface area contributed by atoms with Crippen LogP contribution in [0.4, 0.5) is 0 Å². The summed E-state index contributed by atoms with van der Waals surface area (Å²) in [4.78, 5) is 25.0. The maximum atomic E-state index is 12.6. The molecule has 1 heterocycles. The lowest BCUT2D eigenvalue weighted by Gasteiger charge is -2.35. The Labute approximate surface area is 137 Å². The van der Waals surface area contributed by atoms with Crippen LogP contribution in [-0.4, -0.2) is 22.4 Å². The van der Waals surface area contributed by atoms with Crippen molar-refractivity contribution in [3.8, 4) is 0 Å².